The van der Waals surface area contributed by atoms with E-state index in [0.717, 1.165) is 0 Å². The maximum atomic E-state index is 13.3. The first-order chi connectivity index (χ1) is 14.8. The number of carbonyl (C=O) groups is 1. The van der Waals surface area contributed by atoms with Crippen LogP contribution in [0, 0.1) is 17.6 Å². The highest BCUT2D eigenvalue weighted by Gasteiger charge is 2.30. The zero-order valence-electron chi connectivity index (χ0n) is 16.6. The van der Waals surface area contributed by atoms with Gasteiger partial charge in [0, 0.05) is 5.69 Å². The van der Waals surface area contributed by atoms with Crippen molar-refractivity contribution in [1.29, 1.82) is 0 Å². The van der Waals surface area contributed by atoms with E-state index in [2.05, 4.69) is 5.32 Å². The highest BCUT2D eigenvalue weighted by molar-refractivity contribution is 5.72. The zero-order chi connectivity index (χ0) is 22.4. The van der Waals surface area contributed by atoms with Crippen LogP contribution >= 0.6 is 0 Å². The molecule has 3 aromatic rings. The monoisotopic (exact) mass is 427 g/mol. The number of aliphatic carboxylic acids is 1. The summed E-state index contributed by atoms with van der Waals surface area (Å²) in [6.45, 7) is 0. The van der Waals surface area contributed by atoms with Crippen LogP contribution in [-0.2, 0) is 4.79 Å². The molecular weight excluding hydrogens is 404 g/mol. The minimum atomic E-state index is -1.07. The third-order valence-electron chi connectivity index (χ3n) is 5.14. The number of nitrogens with one attached hydrogen (secondary N) is 1. The van der Waals surface area contributed by atoms with E-state index >= 15 is 0 Å². The number of anilines is 1. The Labute approximate surface area is 178 Å². The summed E-state index contributed by atoms with van der Waals surface area (Å²) in [5.41, 5.74) is 1.65. The lowest BCUT2D eigenvalue weighted by atomic mass is 9.87. The van der Waals surface area contributed by atoms with Crippen molar-refractivity contribution in [3.05, 3.63) is 95.6 Å². The third kappa shape index (κ3) is 6.02. The number of rotatable bonds is 9. The second-order valence-corrected chi connectivity index (χ2v) is 7.31. The van der Waals surface area contributed by atoms with Gasteiger partial charge in [-0.2, -0.15) is 0 Å². The van der Waals surface area contributed by atoms with Crippen molar-refractivity contribution in [2.45, 2.75) is 25.0 Å². The molecule has 4 N–H and O–H groups in total. The van der Waals surface area contributed by atoms with Crippen LogP contribution in [0.25, 0.3) is 0 Å². The van der Waals surface area contributed by atoms with Crippen LogP contribution in [0.15, 0.2) is 72.8 Å². The topological polar surface area (TPSA) is 89.8 Å². The van der Waals surface area contributed by atoms with Gasteiger partial charge in [-0.3, -0.25) is 4.79 Å². The zero-order valence-corrected chi connectivity index (χ0v) is 16.6. The molecule has 3 rings (SSSR count). The lowest BCUT2D eigenvalue weighted by molar-refractivity contribution is -0.142. The van der Waals surface area contributed by atoms with Crippen LogP contribution in [0.5, 0.6) is 5.75 Å². The Morgan fingerprint density at radius 2 is 1.32 bits per heavy atom. The van der Waals surface area contributed by atoms with E-state index in [4.69, 9.17) is 0 Å². The number of phenolic OH excluding ortho intramolecular Hbond substituents is 1. The molecule has 0 aliphatic carbocycles. The van der Waals surface area contributed by atoms with Crippen LogP contribution in [0.4, 0.5) is 14.5 Å². The van der Waals surface area contributed by atoms with Crippen LogP contribution in [0.3, 0.4) is 0 Å². The van der Waals surface area contributed by atoms with Crippen molar-refractivity contribution in [3.8, 4) is 5.75 Å². The normalized spacial score (nSPS) is 13.9. The molecule has 7 heteroatoms. The van der Waals surface area contributed by atoms with E-state index in [-0.39, 0.29) is 18.6 Å². The fraction of sp³-hybridized carbons (Fsp3) is 0.208. The van der Waals surface area contributed by atoms with Gasteiger partial charge in [0.1, 0.15) is 17.4 Å². The summed E-state index contributed by atoms with van der Waals surface area (Å²) in [5, 5.41) is 33.1. The molecule has 0 saturated carbocycles. The lowest BCUT2D eigenvalue weighted by Gasteiger charge is -2.27. The number of benzene rings is 3. The first-order valence-corrected chi connectivity index (χ1v) is 9.81. The van der Waals surface area contributed by atoms with Gasteiger partial charge in [-0.05, 0) is 72.5 Å². The quantitative estimate of drug-likeness (QED) is 0.384. The molecule has 3 aromatic carbocycles. The number of aliphatic hydroxyl groups is 1. The Kier molecular flexibility index (Phi) is 7.20. The largest absolute Gasteiger partial charge is 0.508 e. The predicted molar refractivity (Wildman–Crippen MR) is 113 cm³/mol. The van der Waals surface area contributed by atoms with E-state index in [1.54, 1.807) is 12.1 Å². The van der Waals surface area contributed by atoms with Crippen LogP contribution in [0.2, 0.25) is 0 Å². The number of carboxylic acid groups (broad SMARTS) is 1. The van der Waals surface area contributed by atoms with Crippen molar-refractivity contribution in [3.63, 3.8) is 0 Å². The molecule has 0 bridgehead atoms. The molecule has 0 unspecified atom stereocenters. The maximum Gasteiger partial charge on any atom is 0.308 e. The fourth-order valence-electron chi connectivity index (χ4n) is 3.45. The average molecular weight is 427 g/mol. The molecule has 0 aromatic heterocycles. The highest BCUT2D eigenvalue weighted by atomic mass is 19.1. The first-order valence-electron chi connectivity index (χ1n) is 9.81. The van der Waals surface area contributed by atoms with Crippen molar-refractivity contribution in [2.24, 2.45) is 5.92 Å². The molecule has 0 fully saturated rings. The SMILES string of the molecule is O=C(O)[C@@H](CC[C@H](O)c1ccc(F)cc1)[C@H](Nc1ccc(F)cc1)c1ccc(O)cc1. The van der Waals surface area contributed by atoms with Gasteiger partial charge in [0.15, 0.2) is 0 Å². The van der Waals surface area contributed by atoms with Crippen molar-refractivity contribution in [1.82, 2.24) is 0 Å². The number of hydrogen-bond acceptors (Lipinski definition) is 4. The second kappa shape index (κ2) is 10.0. The summed E-state index contributed by atoms with van der Waals surface area (Å²) in [5.74, 6) is -2.80. The summed E-state index contributed by atoms with van der Waals surface area (Å²) in [6, 6.07) is 16.4. The molecule has 0 heterocycles. The minimum Gasteiger partial charge on any atom is -0.508 e. The molecule has 0 amide bonds. The summed E-state index contributed by atoms with van der Waals surface area (Å²) in [4.78, 5) is 12.1. The van der Waals surface area contributed by atoms with Crippen molar-refractivity contribution >= 4 is 11.7 Å². The molecule has 0 aliphatic rings. The number of carboxylic acids is 1. The van der Waals surface area contributed by atoms with Gasteiger partial charge in [-0.25, -0.2) is 8.78 Å². The Balaban J connectivity index is 1.83. The number of phenols is 1. The molecule has 0 aliphatic heterocycles. The van der Waals surface area contributed by atoms with Gasteiger partial charge in [0.2, 0.25) is 0 Å². The average Bonchev–Trinajstić information content (AvgIpc) is 2.75. The Morgan fingerprint density at radius 1 is 0.806 bits per heavy atom. The molecule has 0 radical (unpaired) electrons. The van der Waals surface area contributed by atoms with Gasteiger partial charge < -0.3 is 20.6 Å². The Bertz CT molecular complexity index is 992. The summed E-state index contributed by atoms with van der Waals surface area (Å²) in [6.07, 6.45) is -0.690. The lowest BCUT2D eigenvalue weighted by Crippen LogP contribution is -2.28. The van der Waals surface area contributed by atoms with Crippen molar-refractivity contribution in [2.75, 3.05) is 5.32 Å². The van der Waals surface area contributed by atoms with Gasteiger partial charge in [-0.1, -0.05) is 24.3 Å². The molecule has 5 nitrogen and oxygen atoms in total. The smallest absolute Gasteiger partial charge is 0.308 e. The fourth-order valence-corrected chi connectivity index (χ4v) is 3.45. The number of aliphatic hydroxyl groups excluding tert-OH is 1. The van der Waals surface area contributed by atoms with Gasteiger partial charge in [0.05, 0.1) is 18.1 Å². The third-order valence-corrected chi connectivity index (χ3v) is 5.14. The Hall–Kier alpha value is -3.45. The molecule has 31 heavy (non-hydrogen) atoms. The number of aromatic hydroxyl groups is 1. The maximum absolute atomic E-state index is 13.3. The molecule has 162 valence electrons. The minimum absolute atomic E-state index is 0.0443. The molecule has 0 spiro atoms. The van der Waals surface area contributed by atoms with E-state index in [9.17, 15) is 28.9 Å². The van der Waals surface area contributed by atoms with E-state index in [0.29, 0.717) is 16.8 Å². The van der Waals surface area contributed by atoms with Crippen LogP contribution in [-0.4, -0.2) is 21.3 Å². The van der Waals surface area contributed by atoms with E-state index < -0.39 is 35.7 Å². The van der Waals surface area contributed by atoms with Gasteiger partial charge in [-0.15, -0.1) is 0 Å². The standard InChI is InChI=1S/C24H23F2NO4/c25-17-5-1-15(2-6-17)22(29)14-13-21(24(30)31)23(16-3-11-20(28)12-4-16)27-19-9-7-18(26)8-10-19/h1-12,21-23,27-29H,13-14H2,(H,30,31)/t21-,22-,23+/m0/s1. The first kappa shape index (κ1) is 22.2. The number of halogens is 2. The van der Waals surface area contributed by atoms with Crippen LogP contribution in [0.1, 0.15) is 36.1 Å². The summed E-state index contributed by atoms with van der Waals surface area (Å²) in [7, 11) is 0. The van der Waals surface area contributed by atoms with Gasteiger partial charge >= 0.3 is 5.97 Å². The molecular formula is C24H23F2NO4. The van der Waals surface area contributed by atoms with Crippen LogP contribution < -0.4 is 5.32 Å². The predicted octanol–water partition coefficient (Wildman–Crippen LogP) is 5.04. The highest BCUT2D eigenvalue weighted by Crippen LogP contribution is 2.33. The molecule has 3 atom stereocenters. The number of hydrogen-bond donors (Lipinski definition) is 4. The summed E-state index contributed by atoms with van der Waals surface area (Å²) >= 11 is 0. The van der Waals surface area contributed by atoms with E-state index in [1.165, 1.54) is 60.7 Å². The van der Waals surface area contributed by atoms with Gasteiger partial charge in [0.25, 0.3) is 0 Å². The Morgan fingerprint density at radius 3 is 1.87 bits per heavy atom. The van der Waals surface area contributed by atoms with E-state index in [1.807, 2.05) is 0 Å². The van der Waals surface area contributed by atoms with Crippen molar-refractivity contribution < 1.29 is 28.9 Å². The second-order valence-electron chi connectivity index (χ2n) is 7.31. The molecule has 0 saturated heterocycles. The summed E-state index contributed by atoms with van der Waals surface area (Å²) < 4.78 is 26.4.